The van der Waals surface area contributed by atoms with Crippen molar-refractivity contribution in [2.45, 2.75) is 310 Å². The molecule has 0 heterocycles. The number of esters is 3. The van der Waals surface area contributed by atoms with E-state index in [0.717, 1.165) is 63.7 Å². The van der Waals surface area contributed by atoms with E-state index in [1.165, 1.54) is 199 Å². The molecule has 0 saturated heterocycles. The highest BCUT2D eigenvalue weighted by atomic mass is 16.6. The molecule has 6 nitrogen and oxygen atoms in total. The maximum atomic E-state index is 12.8. The van der Waals surface area contributed by atoms with Crippen LogP contribution in [0.3, 0.4) is 0 Å². The van der Waals surface area contributed by atoms with E-state index in [4.69, 9.17) is 14.2 Å². The van der Waals surface area contributed by atoms with Gasteiger partial charge < -0.3 is 14.2 Å². The Hall–Kier alpha value is -1.59. The average Bonchev–Trinajstić information content (AvgIpc) is 3.23. The lowest BCUT2D eigenvalue weighted by molar-refractivity contribution is -0.167. The largest absolute Gasteiger partial charge is 0.462 e. The molecule has 0 saturated carbocycles. The first-order chi connectivity index (χ1) is 29.4. The molecule has 60 heavy (non-hydrogen) atoms. The third kappa shape index (κ3) is 47.5. The fourth-order valence-electron chi connectivity index (χ4n) is 8.22. The van der Waals surface area contributed by atoms with Crippen molar-refractivity contribution in [1.29, 1.82) is 0 Å². The minimum absolute atomic E-state index is 0.0624. The van der Waals surface area contributed by atoms with Crippen molar-refractivity contribution in [3.05, 3.63) is 0 Å². The lowest BCUT2D eigenvalue weighted by Crippen LogP contribution is -2.30. The van der Waals surface area contributed by atoms with Gasteiger partial charge in [-0.3, -0.25) is 14.4 Å². The van der Waals surface area contributed by atoms with E-state index in [0.29, 0.717) is 19.3 Å². The minimum atomic E-state index is -0.760. The normalized spacial score (nSPS) is 11.9. The fourth-order valence-corrected chi connectivity index (χ4v) is 8.22. The highest BCUT2D eigenvalue weighted by Crippen LogP contribution is 2.17. The zero-order valence-electron chi connectivity index (χ0n) is 40.9. The monoisotopic (exact) mass is 849 g/mol. The van der Waals surface area contributed by atoms with Gasteiger partial charge in [-0.1, -0.05) is 265 Å². The first-order valence-electron chi connectivity index (χ1n) is 26.9. The molecule has 356 valence electrons. The van der Waals surface area contributed by atoms with Crippen LogP contribution >= 0.6 is 0 Å². The van der Waals surface area contributed by atoms with Crippen LogP contribution in [-0.4, -0.2) is 37.2 Å². The van der Waals surface area contributed by atoms with Crippen LogP contribution in [0.25, 0.3) is 0 Å². The zero-order valence-corrected chi connectivity index (χ0v) is 40.9. The molecule has 0 fully saturated rings. The second-order valence-electron chi connectivity index (χ2n) is 19.0. The highest BCUT2D eigenvalue weighted by molar-refractivity contribution is 5.71. The number of ether oxygens (including phenoxy) is 3. The van der Waals surface area contributed by atoms with Crippen LogP contribution in [0, 0.1) is 5.92 Å². The second-order valence-corrected chi connectivity index (χ2v) is 19.0. The number of rotatable bonds is 49. The second kappa shape index (κ2) is 48.4. The van der Waals surface area contributed by atoms with Gasteiger partial charge in [0.05, 0.1) is 0 Å². The predicted molar refractivity (Wildman–Crippen MR) is 257 cm³/mol. The molecule has 0 aliphatic carbocycles. The number of hydrogen-bond acceptors (Lipinski definition) is 6. The van der Waals surface area contributed by atoms with Crippen LogP contribution in [0.5, 0.6) is 0 Å². The van der Waals surface area contributed by atoms with Gasteiger partial charge in [0.2, 0.25) is 0 Å². The first kappa shape index (κ1) is 58.4. The van der Waals surface area contributed by atoms with E-state index >= 15 is 0 Å². The Balaban J connectivity index is 4.29. The Morgan fingerprint density at radius 2 is 0.550 bits per heavy atom. The van der Waals surface area contributed by atoms with Crippen LogP contribution in [0.15, 0.2) is 0 Å². The van der Waals surface area contributed by atoms with Crippen molar-refractivity contribution in [2.75, 3.05) is 13.2 Å². The fraction of sp³-hybridized carbons (Fsp3) is 0.944. The Bertz CT molecular complexity index is 903. The van der Waals surface area contributed by atoms with Crippen LogP contribution in [0.2, 0.25) is 0 Å². The van der Waals surface area contributed by atoms with Gasteiger partial charge in [-0.25, -0.2) is 0 Å². The molecule has 0 rings (SSSR count). The summed E-state index contributed by atoms with van der Waals surface area (Å²) in [7, 11) is 0. The molecule has 0 radical (unpaired) electrons. The highest BCUT2D eigenvalue weighted by Gasteiger charge is 2.19. The van der Waals surface area contributed by atoms with Crippen molar-refractivity contribution < 1.29 is 28.6 Å². The number of unbranched alkanes of at least 4 members (excludes halogenated alkanes) is 36. The first-order valence-corrected chi connectivity index (χ1v) is 26.9. The molecule has 0 aromatic rings. The Labute approximate surface area is 374 Å². The Morgan fingerprint density at radius 3 is 0.817 bits per heavy atom. The van der Waals surface area contributed by atoms with Gasteiger partial charge in [-0.2, -0.15) is 0 Å². The summed E-state index contributed by atoms with van der Waals surface area (Å²) in [6.07, 6.45) is 50.8. The summed E-state index contributed by atoms with van der Waals surface area (Å²) in [5.74, 6) is -0.0146. The quantitative estimate of drug-likeness (QED) is 0.0345. The topological polar surface area (TPSA) is 78.9 Å². The molecule has 0 bridgehead atoms. The van der Waals surface area contributed by atoms with Gasteiger partial charge in [-0.15, -0.1) is 0 Å². The maximum Gasteiger partial charge on any atom is 0.306 e. The van der Waals surface area contributed by atoms with Gasteiger partial charge in [0.25, 0.3) is 0 Å². The summed E-state index contributed by atoms with van der Waals surface area (Å²) in [6, 6.07) is 0. The number of carbonyl (C=O) groups is 3. The molecule has 0 aromatic heterocycles. The van der Waals surface area contributed by atoms with E-state index in [9.17, 15) is 14.4 Å². The van der Waals surface area contributed by atoms with Gasteiger partial charge >= 0.3 is 17.9 Å². The SMILES string of the molecule is CCCCCCCCCCCCCCCCCCC(=O)OC[C@H](COC(=O)CCCCCCCCCCCCCC(C)C)OC(=O)CCCCCCCCCCCCCC. The van der Waals surface area contributed by atoms with E-state index in [-0.39, 0.29) is 31.1 Å². The van der Waals surface area contributed by atoms with Crippen LogP contribution < -0.4 is 0 Å². The van der Waals surface area contributed by atoms with Gasteiger partial charge in [0, 0.05) is 19.3 Å². The molecule has 0 aromatic carbocycles. The molecule has 0 aliphatic heterocycles. The van der Waals surface area contributed by atoms with Gasteiger partial charge in [-0.05, 0) is 25.2 Å². The summed E-state index contributed by atoms with van der Waals surface area (Å²) in [5, 5.41) is 0. The van der Waals surface area contributed by atoms with Crippen molar-refractivity contribution in [1.82, 2.24) is 0 Å². The summed E-state index contributed by atoms with van der Waals surface area (Å²) in [6.45, 7) is 9.03. The molecule has 6 heteroatoms. The smallest absolute Gasteiger partial charge is 0.306 e. The Morgan fingerprint density at radius 1 is 0.317 bits per heavy atom. The van der Waals surface area contributed by atoms with Crippen molar-refractivity contribution in [2.24, 2.45) is 5.92 Å². The molecule has 0 amide bonds. The van der Waals surface area contributed by atoms with E-state index in [1.54, 1.807) is 0 Å². The van der Waals surface area contributed by atoms with Crippen LogP contribution in [-0.2, 0) is 28.6 Å². The maximum absolute atomic E-state index is 12.8. The summed E-state index contributed by atoms with van der Waals surface area (Å²) < 4.78 is 16.8. The molecular weight excluding hydrogens is 745 g/mol. The third-order valence-corrected chi connectivity index (χ3v) is 12.3. The summed E-state index contributed by atoms with van der Waals surface area (Å²) in [4.78, 5) is 38.0. The molecule has 0 spiro atoms. The van der Waals surface area contributed by atoms with Crippen molar-refractivity contribution in [3.8, 4) is 0 Å². The lowest BCUT2D eigenvalue weighted by Gasteiger charge is -2.18. The lowest BCUT2D eigenvalue weighted by atomic mass is 10.0. The minimum Gasteiger partial charge on any atom is -0.462 e. The molecule has 1 atom stereocenters. The third-order valence-electron chi connectivity index (χ3n) is 12.3. The van der Waals surface area contributed by atoms with Crippen molar-refractivity contribution in [3.63, 3.8) is 0 Å². The van der Waals surface area contributed by atoms with E-state index in [2.05, 4.69) is 27.7 Å². The summed E-state index contributed by atoms with van der Waals surface area (Å²) >= 11 is 0. The van der Waals surface area contributed by atoms with E-state index in [1.807, 2.05) is 0 Å². The van der Waals surface area contributed by atoms with Crippen LogP contribution in [0.4, 0.5) is 0 Å². The molecule has 0 aliphatic rings. The van der Waals surface area contributed by atoms with Crippen molar-refractivity contribution >= 4 is 17.9 Å². The molecular formula is C54H104O6. The standard InChI is InChI=1S/C54H104O6/c1-5-7-9-11-13-15-17-19-20-21-22-26-29-33-37-41-45-52(55)58-48-51(60-54(57)47-43-39-35-31-25-18-16-14-12-10-8-6-2)49-59-53(56)46-42-38-34-30-27-23-24-28-32-36-40-44-50(3)4/h50-51H,5-49H2,1-4H3/t51-/m1/s1. The summed E-state index contributed by atoms with van der Waals surface area (Å²) in [5.41, 5.74) is 0. The Kier molecular flexibility index (Phi) is 47.2. The number of hydrogen-bond donors (Lipinski definition) is 0. The van der Waals surface area contributed by atoms with Gasteiger partial charge in [0.1, 0.15) is 13.2 Å². The molecule has 0 unspecified atom stereocenters. The van der Waals surface area contributed by atoms with Crippen LogP contribution in [0.1, 0.15) is 304 Å². The zero-order chi connectivity index (χ0) is 43.8. The predicted octanol–water partition coefficient (Wildman–Crippen LogP) is 17.5. The average molecular weight is 849 g/mol. The van der Waals surface area contributed by atoms with Gasteiger partial charge in [0.15, 0.2) is 6.10 Å². The number of carbonyl (C=O) groups excluding carboxylic acids is 3. The van der Waals surface area contributed by atoms with E-state index < -0.39 is 6.10 Å². The molecule has 0 N–H and O–H groups in total.